The number of hydrogen-bond donors (Lipinski definition) is 2. The van der Waals surface area contributed by atoms with Gasteiger partial charge in [-0.2, -0.15) is 5.26 Å². The molecule has 1 aromatic heterocycles. The molecule has 0 radical (unpaired) electrons. The lowest BCUT2D eigenvalue weighted by Crippen LogP contribution is -2.49. The van der Waals surface area contributed by atoms with Crippen molar-refractivity contribution in [1.29, 1.82) is 5.26 Å². The van der Waals surface area contributed by atoms with Crippen molar-refractivity contribution in [3.8, 4) is 6.19 Å². The molecule has 1 heterocycles. The maximum absolute atomic E-state index is 12.9. The number of rotatable bonds is 6. The highest BCUT2D eigenvalue weighted by Crippen LogP contribution is 2.26. The predicted octanol–water partition coefficient (Wildman–Crippen LogP) is 4.13. The molecule has 3 aromatic rings. The van der Waals surface area contributed by atoms with Crippen LogP contribution in [0.15, 0.2) is 60.0 Å². The van der Waals surface area contributed by atoms with Gasteiger partial charge in [0.15, 0.2) is 11.3 Å². The van der Waals surface area contributed by atoms with Crippen LogP contribution in [0.1, 0.15) is 12.5 Å². The van der Waals surface area contributed by atoms with Crippen LogP contribution in [0.2, 0.25) is 0 Å². The van der Waals surface area contributed by atoms with Gasteiger partial charge in [0.05, 0.1) is 0 Å². The number of carbonyl (C=O) groups is 1. The van der Waals surface area contributed by atoms with E-state index in [0.29, 0.717) is 18.1 Å². The lowest BCUT2D eigenvalue weighted by molar-refractivity contribution is -0.129. The largest absolute Gasteiger partial charge is 0.350 e. The lowest BCUT2D eigenvalue weighted by atomic mass is 10.0. The van der Waals surface area contributed by atoms with Gasteiger partial charge in [-0.1, -0.05) is 36.4 Å². The number of fused-ring (bicyclic) bond motifs is 1. The number of nitrogens with zero attached hydrogens (tertiary/aromatic N) is 2. The van der Waals surface area contributed by atoms with Crippen LogP contribution in [0.5, 0.6) is 0 Å². The Morgan fingerprint density at radius 3 is 2.64 bits per heavy atom. The molecule has 0 fully saturated rings. The molecule has 1 amide bonds. The molecule has 0 spiro atoms. The minimum absolute atomic E-state index is 0.294. The number of hydrogen-bond acceptors (Lipinski definition) is 4. The number of amides is 1. The molecule has 28 heavy (non-hydrogen) atoms. The maximum Gasteiger partial charge on any atom is 0.258 e. The first-order valence-electron chi connectivity index (χ1n) is 8.91. The first-order chi connectivity index (χ1) is 13.6. The third-order valence-corrected chi connectivity index (χ3v) is 5.56. The van der Waals surface area contributed by atoms with Crippen molar-refractivity contribution in [3.05, 3.63) is 65.5 Å². The Labute approximate surface area is 173 Å². The van der Waals surface area contributed by atoms with Crippen LogP contribution in [-0.4, -0.2) is 28.5 Å². The number of nitrogens with one attached hydrogen (secondary N) is 2. The van der Waals surface area contributed by atoms with Crippen molar-refractivity contribution in [2.24, 2.45) is 0 Å². The van der Waals surface area contributed by atoms with Gasteiger partial charge in [-0.15, -0.1) is 11.3 Å². The van der Waals surface area contributed by atoms with Gasteiger partial charge in [0.2, 0.25) is 0 Å². The minimum Gasteiger partial charge on any atom is -0.350 e. The van der Waals surface area contributed by atoms with Gasteiger partial charge in [0, 0.05) is 23.4 Å². The molecule has 0 aliphatic heterocycles. The van der Waals surface area contributed by atoms with Crippen molar-refractivity contribution < 1.29 is 4.79 Å². The molecule has 1 atom stereocenters. The molecule has 1 unspecified atom stereocenters. The fourth-order valence-corrected chi connectivity index (χ4v) is 4.16. The number of likely N-dealkylation sites (N-methyl/N-ethyl adjacent to an activating group) is 1. The quantitative estimate of drug-likeness (QED) is 0.365. The summed E-state index contributed by atoms with van der Waals surface area (Å²) in [6.45, 7) is 2.09. The Kier molecular flexibility index (Phi) is 6.58. The summed E-state index contributed by atoms with van der Waals surface area (Å²) in [4.78, 5) is 14.1. The molecular formula is C21H20N4OS2. The van der Waals surface area contributed by atoms with Crippen molar-refractivity contribution >= 4 is 50.3 Å². The molecule has 0 saturated carbocycles. The SMILES string of the molecule is CCN(C#N)C(=O)C(Cc1csc2ccccc12)NC(=S)Nc1ccccc1. The number of thiophene rings is 1. The normalized spacial score (nSPS) is 11.4. The number of benzene rings is 2. The van der Waals surface area contributed by atoms with E-state index in [0.717, 1.165) is 21.5 Å². The Morgan fingerprint density at radius 2 is 1.93 bits per heavy atom. The van der Waals surface area contributed by atoms with E-state index in [-0.39, 0.29) is 5.91 Å². The summed E-state index contributed by atoms with van der Waals surface area (Å²) in [7, 11) is 0. The topological polar surface area (TPSA) is 68.2 Å². The van der Waals surface area contributed by atoms with Gasteiger partial charge in [0.25, 0.3) is 5.91 Å². The molecule has 5 nitrogen and oxygen atoms in total. The smallest absolute Gasteiger partial charge is 0.258 e. The highest BCUT2D eigenvalue weighted by atomic mass is 32.1. The standard InChI is InChI=1S/C21H20N4OS2/c1-2-25(14-22)20(26)18(24-21(27)23-16-8-4-3-5-9-16)12-15-13-28-19-11-7-6-10-17(15)19/h3-11,13,18H,2,12H2,1H3,(H2,23,24,27). The second kappa shape index (κ2) is 9.31. The highest BCUT2D eigenvalue weighted by molar-refractivity contribution is 7.80. The van der Waals surface area contributed by atoms with Gasteiger partial charge in [-0.05, 0) is 53.7 Å². The number of thiocarbonyl (C=S) groups is 1. The van der Waals surface area contributed by atoms with Crippen molar-refractivity contribution in [2.45, 2.75) is 19.4 Å². The fraction of sp³-hybridized carbons (Fsp3) is 0.190. The van der Waals surface area contributed by atoms with Crippen LogP contribution in [0, 0.1) is 11.5 Å². The monoisotopic (exact) mass is 408 g/mol. The molecular weight excluding hydrogens is 388 g/mol. The summed E-state index contributed by atoms with van der Waals surface area (Å²) >= 11 is 7.05. The molecule has 142 valence electrons. The maximum atomic E-state index is 12.9. The summed E-state index contributed by atoms with van der Waals surface area (Å²) in [6, 6.07) is 17.0. The van der Waals surface area contributed by atoms with E-state index in [2.05, 4.69) is 22.1 Å². The van der Waals surface area contributed by atoms with Crippen LogP contribution in [-0.2, 0) is 11.2 Å². The summed E-state index contributed by atoms with van der Waals surface area (Å²) in [6.07, 6.45) is 2.40. The first kappa shape index (κ1) is 19.8. The Morgan fingerprint density at radius 1 is 1.21 bits per heavy atom. The Balaban J connectivity index is 1.81. The lowest BCUT2D eigenvalue weighted by Gasteiger charge is -2.23. The molecule has 2 N–H and O–H groups in total. The van der Waals surface area contributed by atoms with Crippen LogP contribution < -0.4 is 10.6 Å². The van der Waals surface area contributed by atoms with E-state index in [4.69, 9.17) is 12.2 Å². The van der Waals surface area contributed by atoms with E-state index in [1.54, 1.807) is 18.3 Å². The summed E-state index contributed by atoms with van der Waals surface area (Å²) in [5.74, 6) is -0.294. The van der Waals surface area contributed by atoms with Gasteiger partial charge < -0.3 is 10.6 Å². The van der Waals surface area contributed by atoms with Crippen LogP contribution >= 0.6 is 23.6 Å². The summed E-state index contributed by atoms with van der Waals surface area (Å²) < 4.78 is 1.17. The molecule has 0 aliphatic carbocycles. The zero-order valence-electron chi connectivity index (χ0n) is 15.4. The molecule has 0 aliphatic rings. The van der Waals surface area contributed by atoms with Crippen molar-refractivity contribution in [3.63, 3.8) is 0 Å². The Bertz CT molecular complexity index is 1010. The minimum atomic E-state index is -0.638. The van der Waals surface area contributed by atoms with Crippen LogP contribution in [0.25, 0.3) is 10.1 Å². The number of anilines is 1. The molecule has 3 rings (SSSR count). The van der Waals surface area contributed by atoms with Crippen molar-refractivity contribution in [2.75, 3.05) is 11.9 Å². The van der Waals surface area contributed by atoms with E-state index in [1.165, 1.54) is 4.70 Å². The first-order valence-corrected chi connectivity index (χ1v) is 10.2. The van der Waals surface area contributed by atoms with E-state index in [1.807, 2.05) is 54.7 Å². The zero-order chi connectivity index (χ0) is 19.9. The van der Waals surface area contributed by atoms with Gasteiger partial charge in [-0.25, -0.2) is 4.90 Å². The second-order valence-corrected chi connectivity index (χ2v) is 7.48. The summed E-state index contributed by atoms with van der Waals surface area (Å²) in [5, 5.41) is 19.0. The van der Waals surface area contributed by atoms with Gasteiger partial charge >= 0.3 is 0 Å². The number of para-hydroxylation sites is 1. The van der Waals surface area contributed by atoms with Crippen molar-refractivity contribution in [1.82, 2.24) is 10.2 Å². The molecule has 2 aromatic carbocycles. The van der Waals surface area contributed by atoms with E-state index in [9.17, 15) is 10.1 Å². The van der Waals surface area contributed by atoms with E-state index < -0.39 is 6.04 Å². The summed E-state index contributed by atoms with van der Waals surface area (Å²) in [5.41, 5.74) is 1.89. The number of nitriles is 1. The Hall–Kier alpha value is -2.95. The van der Waals surface area contributed by atoms with Crippen LogP contribution in [0.4, 0.5) is 5.69 Å². The van der Waals surface area contributed by atoms with Crippen LogP contribution in [0.3, 0.4) is 0 Å². The van der Waals surface area contributed by atoms with E-state index >= 15 is 0 Å². The van der Waals surface area contributed by atoms with Gasteiger partial charge in [0.1, 0.15) is 6.04 Å². The highest BCUT2D eigenvalue weighted by Gasteiger charge is 2.25. The average Bonchev–Trinajstić information content (AvgIpc) is 3.12. The third-order valence-electron chi connectivity index (χ3n) is 4.32. The molecule has 0 bridgehead atoms. The zero-order valence-corrected chi connectivity index (χ0v) is 17.0. The second-order valence-electron chi connectivity index (χ2n) is 6.16. The fourth-order valence-electron chi connectivity index (χ4n) is 2.92. The third kappa shape index (κ3) is 4.66. The number of carbonyl (C=O) groups excluding carboxylic acids is 1. The predicted molar refractivity (Wildman–Crippen MR) is 118 cm³/mol. The van der Waals surface area contributed by atoms with Gasteiger partial charge in [-0.3, -0.25) is 4.79 Å². The average molecular weight is 409 g/mol. The molecule has 0 saturated heterocycles. The molecule has 7 heteroatoms.